The summed E-state index contributed by atoms with van der Waals surface area (Å²) in [5.41, 5.74) is 5.78. The van der Waals surface area contributed by atoms with Gasteiger partial charge in [0.05, 0.1) is 6.61 Å². The van der Waals surface area contributed by atoms with Gasteiger partial charge in [0.25, 0.3) is 5.91 Å². The first kappa shape index (κ1) is 9.02. The Bertz CT molecular complexity index is 202. The zero-order chi connectivity index (χ0) is 8.97. The summed E-state index contributed by atoms with van der Waals surface area (Å²) in [6, 6.07) is 0. The SMILES string of the molecule is COC(C(N)=O)C1=COOCC1. The molecule has 1 heterocycles. The summed E-state index contributed by atoms with van der Waals surface area (Å²) in [4.78, 5) is 19.9. The molecule has 0 aromatic carbocycles. The standard InChI is InChI=1S/C7H11NO4/c1-10-6(7(8)9)5-2-3-11-12-4-5/h4,6H,2-3H2,1H3,(H2,8,9). The van der Waals surface area contributed by atoms with Crippen LogP contribution in [0.15, 0.2) is 11.8 Å². The van der Waals surface area contributed by atoms with Gasteiger partial charge in [0.2, 0.25) is 0 Å². The van der Waals surface area contributed by atoms with E-state index < -0.39 is 12.0 Å². The molecule has 68 valence electrons. The molecule has 0 aliphatic carbocycles. The number of rotatable bonds is 3. The summed E-state index contributed by atoms with van der Waals surface area (Å²) in [5.74, 6) is -0.519. The molecule has 2 N–H and O–H groups in total. The molecule has 1 atom stereocenters. The number of carbonyl (C=O) groups excluding carboxylic acids is 1. The second kappa shape index (κ2) is 4.08. The monoisotopic (exact) mass is 173 g/mol. The first-order valence-electron chi connectivity index (χ1n) is 3.55. The molecule has 1 aliphatic heterocycles. The van der Waals surface area contributed by atoms with Crippen LogP contribution in [0, 0.1) is 0 Å². The molecule has 5 nitrogen and oxygen atoms in total. The number of ether oxygens (including phenoxy) is 1. The molecule has 1 amide bonds. The molecule has 0 saturated heterocycles. The number of hydrogen-bond donors (Lipinski definition) is 1. The maximum absolute atomic E-state index is 10.8. The fourth-order valence-electron chi connectivity index (χ4n) is 1.01. The molecule has 0 aromatic heterocycles. The van der Waals surface area contributed by atoms with Crippen LogP contribution in [-0.4, -0.2) is 25.7 Å². The predicted octanol–water partition coefficient (Wildman–Crippen LogP) is -0.278. The van der Waals surface area contributed by atoms with Crippen LogP contribution in [0.2, 0.25) is 0 Å². The van der Waals surface area contributed by atoms with Crippen molar-refractivity contribution >= 4 is 5.91 Å². The fourth-order valence-corrected chi connectivity index (χ4v) is 1.01. The second-order valence-electron chi connectivity index (χ2n) is 2.38. The highest BCUT2D eigenvalue weighted by Gasteiger charge is 2.22. The number of methoxy groups -OCH3 is 1. The Morgan fingerprint density at radius 1 is 1.83 bits per heavy atom. The van der Waals surface area contributed by atoms with Crippen LogP contribution in [-0.2, 0) is 19.3 Å². The molecule has 0 radical (unpaired) electrons. The Labute approximate surface area is 70.0 Å². The third kappa shape index (κ3) is 1.96. The van der Waals surface area contributed by atoms with E-state index in [4.69, 9.17) is 10.5 Å². The van der Waals surface area contributed by atoms with E-state index >= 15 is 0 Å². The van der Waals surface area contributed by atoms with E-state index in [-0.39, 0.29) is 0 Å². The van der Waals surface area contributed by atoms with Crippen molar-refractivity contribution in [3.8, 4) is 0 Å². The van der Waals surface area contributed by atoms with Gasteiger partial charge >= 0.3 is 0 Å². The van der Waals surface area contributed by atoms with Gasteiger partial charge < -0.3 is 15.4 Å². The lowest BCUT2D eigenvalue weighted by molar-refractivity contribution is -0.257. The molecule has 1 aliphatic rings. The molecule has 1 unspecified atom stereocenters. The molecule has 0 aromatic rings. The van der Waals surface area contributed by atoms with E-state index in [0.29, 0.717) is 18.6 Å². The summed E-state index contributed by atoms with van der Waals surface area (Å²) < 4.78 is 4.87. The Hall–Kier alpha value is -1.07. The average molecular weight is 173 g/mol. The predicted molar refractivity (Wildman–Crippen MR) is 39.7 cm³/mol. The van der Waals surface area contributed by atoms with Crippen LogP contribution in [0.3, 0.4) is 0 Å². The summed E-state index contributed by atoms with van der Waals surface area (Å²) in [5, 5.41) is 0. The van der Waals surface area contributed by atoms with Gasteiger partial charge in [-0.2, -0.15) is 4.89 Å². The maximum Gasteiger partial charge on any atom is 0.250 e. The molecule has 12 heavy (non-hydrogen) atoms. The number of carbonyl (C=O) groups is 1. The lowest BCUT2D eigenvalue weighted by atomic mass is 10.1. The quantitative estimate of drug-likeness (QED) is 0.596. The third-order valence-electron chi connectivity index (χ3n) is 1.57. The minimum atomic E-state index is -0.700. The fraction of sp³-hybridized carbons (Fsp3) is 0.571. The van der Waals surface area contributed by atoms with Gasteiger partial charge in [0, 0.05) is 19.1 Å². The molecular formula is C7H11NO4. The topological polar surface area (TPSA) is 70.8 Å². The van der Waals surface area contributed by atoms with Gasteiger partial charge in [-0.15, -0.1) is 0 Å². The number of hydrogen-bond acceptors (Lipinski definition) is 4. The Morgan fingerprint density at radius 3 is 3.00 bits per heavy atom. The average Bonchev–Trinajstić information content (AvgIpc) is 2.07. The zero-order valence-electron chi connectivity index (χ0n) is 6.78. The van der Waals surface area contributed by atoms with Crippen LogP contribution in [0.1, 0.15) is 6.42 Å². The van der Waals surface area contributed by atoms with E-state index in [9.17, 15) is 4.79 Å². The van der Waals surface area contributed by atoms with Gasteiger partial charge in [-0.1, -0.05) is 0 Å². The molecule has 0 saturated carbocycles. The molecule has 0 fully saturated rings. The highest BCUT2D eigenvalue weighted by atomic mass is 17.2. The van der Waals surface area contributed by atoms with Crippen LogP contribution >= 0.6 is 0 Å². The van der Waals surface area contributed by atoms with Crippen molar-refractivity contribution in [3.05, 3.63) is 11.8 Å². The first-order valence-corrected chi connectivity index (χ1v) is 3.55. The van der Waals surface area contributed by atoms with Gasteiger partial charge in [-0.3, -0.25) is 4.79 Å². The van der Waals surface area contributed by atoms with Crippen molar-refractivity contribution in [2.24, 2.45) is 5.73 Å². The smallest absolute Gasteiger partial charge is 0.250 e. The molecular weight excluding hydrogens is 162 g/mol. The highest BCUT2D eigenvalue weighted by Crippen LogP contribution is 2.14. The summed E-state index contributed by atoms with van der Waals surface area (Å²) >= 11 is 0. The van der Waals surface area contributed by atoms with E-state index in [1.165, 1.54) is 13.4 Å². The van der Waals surface area contributed by atoms with Crippen molar-refractivity contribution in [3.63, 3.8) is 0 Å². The van der Waals surface area contributed by atoms with Crippen molar-refractivity contribution < 1.29 is 19.3 Å². The van der Waals surface area contributed by atoms with Crippen molar-refractivity contribution in [1.82, 2.24) is 0 Å². The zero-order valence-corrected chi connectivity index (χ0v) is 6.78. The Balaban J connectivity index is 2.64. The van der Waals surface area contributed by atoms with Crippen LogP contribution in [0.25, 0.3) is 0 Å². The second-order valence-corrected chi connectivity index (χ2v) is 2.38. The third-order valence-corrected chi connectivity index (χ3v) is 1.57. The Kier molecular flexibility index (Phi) is 3.07. The molecule has 1 rings (SSSR count). The van der Waals surface area contributed by atoms with Crippen molar-refractivity contribution in [2.75, 3.05) is 13.7 Å². The van der Waals surface area contributed by atoms with Crippen molar-refractivity contribution in [1.29, 1.82) is 0 Å². The lowest BCUT2D eigenvalue weighted by Crippen LogP contribution is -2.33. The maximum atomic E-state index is 10.8. The van der Waals surface area contributed by atoms with Gasteiger partial charge in [-0.25, -0.2) is 0 Å². The van der Waals surface area contributed by atoms with Crippen molar-refractivity contribution in [2.45, 2.75) is 12.5 Å². The van der Waals surface area contributed by atoms with Crippen LogP contribution in [0.5, 0.6) is 0 Å². The number of nitrogens with two attached hydrogens (primary N) is 1. The van der Waals surface area contributed by atoms with Gasteiger partial charge in [-0.05, 0) is 0 Å². The number of amides is 1. The highest BCUT2D eigenvalue weighted by molar-refractivity contribution is 5.82. The van der Waals surface area contributed by atoms with Crippen LogP contribution in [0.4, 0.5) is 0 Å². The van der Waals surface area contributed by atoms with E-state index in [1.807, 2.05) is 0 Å². The summed E-state index contributed by atoms with van der Waals surface area (Å²) in [6.45, 7) is 0.416. The summed E-state index contributed by atoms with van der Waals surface area (Å²) in [6.07, 6.45) is 1.25. The minimum Gasteiger partial charge on any atom is -0.367 e. The number of primary amides is 1. The Morgan fingerprint density at radius 2 is 2.58 bits per heavy atom. The summed E-state index contributed by atoms with van der Waals surface area (Å²) in [7, 11) is 1.42. The van der Waals surface area contributed by atoms with Gasteiger partial charge in [0.1, 0.15) is 6.26 Å². The van der Waals surface area contributed by atoms with E-state index in [2.05, 4.69) is 9.78 Å². The molecule has 0 bridgehead atoms. The van der Waals surface area contributed by atoms with E-state index in [1.54, 1.807) is 0 Å². The lowest BCUT2D eigenvalue weighted by Gasteiger charge is -2.18. The normalized spacial score (nSPS) is 19.2. The molecule has 0 spiro atoms. The first-order chi connectivity index (χ1) is 5.75. The van der Waals surface area contributed by atoms with Crippen LogP contribution < -0.4 is 5.73 Å². The van der Waals surface area contributed by atoms with E-state index in [0.717, 1.165) is 0 Å². The largest absolute Gasteiger partial charge is 0.367 e. The minimum absolute atomic E-state index is 0.416. The van der Waals surface area contributed by atoms with Gasteiger partial charge in [0.15, 0.2) is 6.10 Å². The molecule has 5 heteroatoms.